The van der Waals surface area contributed by atoms with E-state index in [1.807, 2.05) is 48.2 Å². The van der Waals surface area contributed by atoms with Crippen LogP contribution in [0.15, 0.2) is 47.2 Å². The van der Waals surface area contributed by atoms with E-state index in [1.165, 1.54) is 11.8 Å². The Bertz CT molecular complexity index is 801. The van der Waals surface area contributed by atoms with Crippen molar-refractivity contribution in [3.05, 3.63) is 46.9 Å². The highest BCUT2D eigenvalue weighted by atomic mass is 32.2. The van der Waals surface area contributed by atoms with Crippen molar-refractivity contribution in [2.75, 3.05) is 0 Å². The number of carbonyl (C=O) groups is 1. The normalized spacial score (nSPS) is 12.1. The van der Waals surface area contributed by atoms with Gasteiger partial charge in [0.2, 0.25) is 5.91 Å². The zero-order valence-corrected chi connectivity index (χ0v) is 15.0. The van der Waals surface area contributed by atoms with Crippen molar-refractivity contribution in [1.29, 1.82) is 0 Å². The molecule has 0 saturated heterocycles. The minimum atomic E-state index is -0.255. The summed E-state index contributed by atoms with van der Waals surface area (Å²) in [6.07, 6.45) is 3.46. The molecule has 0 fully saturated rings. The molecular weight excluding hydrogens is 342 g/mol. The number of nitrogens with zero attached hydrogens (tertiary/aromatic N) is 4. The lowest BCUT2D eigenvalue weighted by Crippen LogP contribution is -2.30. The first kappa shape index (κ1) is 16.7. The van der Waals surface area contributed by atoms with Crippen LogP contribution in [-0.2, 0) is 18.4 Å². The van der Waals surface area contributed by atoms with Crippen LogP contribution in [0.25, 0.3) is 11.4 Å². The molecule has 0 saturated carbocycles. The Morgan fingerprint density at radius 1 is 1.38 bits per heavy atom. The summed E-state index contributed by atoms with van der Waals surface area (Å²) in [6, 6.07) is 7.77. The Balaban J connectivity index is 1.63. The van der Waals surface area contributed by atoms with Crippen LogP contribution in [0.3, 0.4) is 0 Å². The summed E-state index contributed by atoms with van der Waals surface area (Å²) in [5.41, 5.74) is 0.897. The monoisotopic (exact) mass is 359 g/mol. The van der Waals surface area contributed by atoms with Crippen LogP contribution in [0.4, 0.5) is 0 Å². The third kappa shape index (κ3) is 3.82. The Labute approximate surface area is 148 Å². The van der Waals surface area contributed by atoms with Crippen molar-refractivity contribution < 1.29 is 4.79 Å². The summed E-state index contributed by atoms with van der Waals surface area (Å²) < 4.78 is 1.88. The fourth-order valence-corrected chi connectivity index (χ4v) is 3.59. The van der Waals surface area contributed by atoms with Crippen LogP contribution in [0.2, 0.25) is 0 Å². The predicted molar refractivity (Wildman–Crippen MR) is 95.7 cm³/mol. The van der Waals surface area contributed by atoms with Gasteiger partial charge in [-0.15, -0.1) is 21.5 Å². The molecule has 0 aliphatic heterocycles. The van der Waals surface area contributed by atoms with Crippen molar-refractivity contribution in [1.82, 2.24) is 25.1 Å². The van der Waals surface area contributed by atoms with Gasteiger partial charge in [-0.05, 0) is 30.5 Å². The molecule has 0 aromatic carbocycles. The summed E-state index contributed by atoms with van der Waals surface area (Å²) in [4.78, 5) is 17.5. The van der Waals surface area contributed by atoms with E-state index in [4.69, 9.17) is 0 Å². The molecule has 6 nitrogen and oxygen atoms in total. The fraction of sp³-hybridized carbons (Fsp3) is 0.250. The second-order valence-corrected chi connectivity index (χ2v) is 7.50. The molecule has 3 rings (SSSR count). The molecule has 8 heteroatoms. The van der Waals surface area contributed by atoms with E-state index in [0.29, 0.717) is 11.7 Å². The van der Waals surface area contributed by atoms with Gasteiger partial charge in [0.25, 0.3) is 0 Å². The van der Waals surface area contributed by atoms with Crippen LogP contribution >= 0.6 is 23.1 Å². The van der Waals surface area contributed by atoms with E-state index >= 15 is 0 Å². The first-order valence-corrected chi connectivity index (χ1v) is 9.17. The Hall–Kier alpha value is -2.19. The maximum atomic E-state index is 12.2. The molecule has 0 unspecified atom stereocenters. The molecule has 3 aromatic rings. The van der Waals surface area contributed by atoms with Gasteiger partial charge >= 0.3 is 0 Å². The molecule has 0 aliphatic rings. The highest BCUT2D eigenvalue weighted by Gasteiger charge is 2.19. The van der Waals surface area contributed by atoms with Gasteiger partial charge in [-0.1, -0.05) is 17.8 Å². The van der Waals surface area contributed by atoms with E-state index < -0.39 is 0 Å². The molecular formula is C16H17N5OS2. The average molecular weight is 359 g/mol. The lowest BCUT2D eigenvalue weighted by molar-refractivity contribution is -0.120. The van der Waals surface area contributed by atoms with Gasteiger partial charge in [-0.3, -0.25) is 9.78 Å². The maximum absolute atomic E-state index is 12.2. The number of amides is 1. The second-order valence-electron chi connectivity index (χ2n) is 5.16. The third-order valence-electron chi connectivity index (χ3n) is 3.42. The van der Waals surface area contributed by atoms with E-state index in [0.717, 1.165) is 16.3 Å². The van der Waals surface area contributed by atoms with Crippen molar-refractivity contribution in [2.45, 2.75) is 23.9 Å². The molecule has 124 valence electrons. The zero-order chi connectivity index (χ0) is 16.9. The van der Waals surface area contributed by atoms with Crippen molar-refractivity contribution in [2.24, 2.45) is 7.05 Å². The highest BCUT2D eigenvalue weighted by molar-refractivity contribution is 8.00. The van der Waals surface area contributed by atoms with E-state index in [1.54, 1.807) is 23.7 Å². The van der Waals surface area contributed by atoms with E-state index in [9.17, 15) is 4.79 Å². The Kier molecular flexibility index (Phi) is 5.27. The number of thioether (sulfide) groups is 1. The summed E-state index contributed by atoms with van der Waals surface area (Å²) in [5.74, 6) is 0.719. The number of pyridine rings is 1. The summed E-state index contributed by atoms with van der Waals surface area (Å²) in [7, 11) is 1.89. The molecule has 0 radical (unpaired) electrons. The first-order chi connectivity index (χ1) is 11.6. The van der Waals surface area contributed by atoms with Gasteiger partial charge < -0.3 is 9.88 Å². The quantitative estimate of drug-likeness (QED) is 0.685. The fourth-order valence-electron chi connectivity index (χ4n) is 2.11. The maximum Gasteiger partial charge on any atom is 0.233 e. The van der Waals surface area contributed by atoms with Crippen LogP contribution in [0.5, 0.6) is 0 Å². The molecule has 1 amide bonds. The number of aromatic nitrogens is 4. The summed E-state index contributed by atoms with van der Waals surface area (Å²) >= 11 is 3.02. The lowest BCUT2D eigenvalue weighted by atomic mass is 10.3. The van der Waals surface area contributed by atoms with Crippen LogP contribution in [0, 0.1) is 0 Å². The number of rotatable bonds is 6. The molecule has 0 bridgehead atoms. The van der Waals surface area contributed by atoms with Gasteiger partial charge in [0.05, 0.1) is 11.8 Å². The minimum Gasteiger partial charge on any atom is -0.350 e. The van der Waals surface area contributed by atoms with Gasteiger partial charge in [-0.2, -0.15) is 0 Å². The molecule has 0 aliphatic carbocycles. The summed E-state index contributed by atoms with van der Waals surface area (Å²) in [5, 5.41) is 13.8. The van der Waals surface area contributed by atoms with Gasteiger partial charge in [0.15, 0.2) is 11.0 Å². The Morgan fingerprint density at radius 2 is 2.25 bits per heavy atom. The molecule has 1 atom stereocenters. The van der Waals surface area contributed by atoms with E-state index in [-0.39, 0.29) is 11.2 Å². The van der Waals surface area contributed by atoms with Crippen molar-refractivity contribution in [3.8, 4) is 11.4 Å². The smallest absolute Gasteiger partial charge is 0.233 e. The minimum absolute atomic E-state index is 0.0145. The average Bonchev–Trinajstić information content (AvgIpc) is 3.24. The zero-order valence-electron chi connectivity index (χ0n) is 13.3. The molecule has 3 aromatic heterocycles. The van der Waals surface area contributed by atoms with Gasteiger partial charge in [-0.25, -0.2) is 0 Å². The van der Waals surface area contributed by atoms with Gasteiger partial charge in [0.1, 0.15) is 0 Å². The standard InChI is InChI=1S/C16H17N5OS2/c1-11(15(22)18-10-13-6-4-8-23-13)24-16-20-19-14(21(16)2)12-5-3-7-17-9-12/h3-9,11H,10H2,1-2H3,(H,18,22)/t11-/m0/s1. The number of hydrogen-bond acceptors (Lipinski definition) is 6. The number of carbonyl (C=O) groups excluding carboxylic acids is 1. The second kappa shape index (κ2) is 7.59. The number of hydrogen-bond donors (Lipinski definition) is 1. The largest absolute Gasteiger partial charge is 0.350 e. The topological polar surface area (TPSA) is 72.7 Å². The molecule has 24 heavy (non-hydrogen) atoms. The Morgan fingerprint density at radius 3 is 2.96 bits per heavy atom. The lowest BCUT2D eigenvalue weighted by Gasteiger charge is -2.11. The molecule has 0 spiro atoms. The first-order valence-electron chi connectivity index (χ1n) is 7.41. The third-order valence-corrected chi connectivity index (χ3v) is 5.43. The summed E-state index contributed by atoms with van der Waals surface area (Å²) in [6.45, 7) is 2.42. The number of nitrogens with one attached hydrogen (secondary N) is 1. The van der Waals surface area contributed by atoms with Crippen LogP contribution in [-0.4, -0.2) is 30.9 Å². The highest BCUT2D eigenvalue weighted by Crippen LogP contribution is 2.25. The predicted octanol–water partition coefficient (Wildman–Crippen LogP) is 2.74. The molecule has 3 heterocycles. The van der Waals surface area contributed by atoms with Crippen LogP contribution in [0.1, 0.15) is 11.8 Å². The van der Waals surface area contributed by atoms with Crippen molar-refractivity contribution >= 4 is 29.0 Å². The molecule has 1 N–H and O–H groups in total. The van der Waals surface area contributed by atoms with Crippen LogP contribution < -0.4 is 5.32 Å². The number of thiophene rings is 1. The van der Waals surface area contributed by atoms with Gasteiger partial charge in [0, 0.05) is 29.9 Å². The van der Waals surface area contributed by atoms with Crippen molar-refractivity contribution in [3.63, 3.8) is 0 Å². The van der Waals surface area contributed by atoms with E-state index in [2.05, 4.69) is 20.5 Å². The SMILES string of the molecule is C[C@H](Sc1nnc(-c2cccnc2)n1C)C(=O)NCc1cccs1.